The number of carbonyl (C=O) groups excluding carboxylic acids is 2. The molecule has 4 rings (SSSR count). The van der Waals surface area contributed by atoms with Crippen molar-refractivity contribution in [1.82, 2.24) is 4.98 Å². The number of ketones is 1. The highest BCUT2D eigenvalue weighted by Crippen LogP contribution is 2.41. The number of methoxy groups -OCH3 is 1. The van der Waals surface area contributed by atoms with Crippen LogP contribution in [0, 0.1) is 0 Å². The van der Waals surface area contributed by atoms with Gasteiger partial charge in [-0.2, -0.15) is 0 Å². The number of epoxide rings is 1. The fraction of sp³-hybridized carbons (Fsp3) is 0.381. The summed E-state index contributed by atoms with van der Waals surface area (Å²) in [5, 5.41) is 0. The minimum atomic E-state index is -0.633. The number of fused-ring (bicyclic) bond motifs is 1. The van der Waals surface area contributed by atoms with E-state index in [1.807, 2.05) is 36.4 Å². The molecular weight excluding hydrogens is 346 g/mol. The molecule has 0 radical (unpaired) electrons. The number of ether oxygens (including phenoxy) is 3. The number of hydrogen-bond donors (Lipinski definition) is 0. The second-order valence-corrected chi connectivity index (χ2v) is 6.89. The quantitative estimate of drug-likeness (QED) is 0.577. The first-order valence-corrected chi connectivity index (χ1v) is 9.05. The summed E-state index contributed by atoms with van der Waals surface area (Å²) < 4.78 is 16.0. The molecule has 2 heterocycles. The molecule has 2 aliphatic rings. The molecule has 1 aromatic carbocycles. The van der Waals surface area contributed by atoms with Gasteiger partial charge in [-0.25, -0.2) is 4.98 Å². The molecule has 0 N–H and O–H groups in total. The Labute approximate surface area is 157 Å². The summed E-state index contributed by atoms with van der Waals surface area (Å²) in [6, 6.07) is 13.0. The zero-order valence-electron chi connectivity index (χ0n) is 15.1. The van der Waals surface area contributed by atoms with Crippen molar-refractivity contribution in [2.75, 3.05) is 13.7 Å². The van der Waals surface area contributed by atoms with Gasteiger partial charge in [-0.1, -0.05) is 36.4 Å². The van der Waals surface area contributed by atoms with Crippen LogP contribution in [0.2, 0.25) is 0 Å². The summed E-state index contributed by atoms with van der Waals surface area (Å²) in [6.45, 7) is 0.855. The topological polar surface area (TPSA) is 78.0 Å². The van der Waals surface area contributed by atoms with Gasteiger partial charge >= 0.3 is 5.97 Å². The second kappa shape index (κ2) is 7.48. The lowest BCUT2D eigenvalue weighted by Gasteiger charge is -2.28. The average molecular weight is 367 g/mol. The van der Waals surface area contributed by atoms with Gasteiger partial charge in [0, 0.05) is 12.5 Å². The Morgan fingerprint density at radius 3 is 2.70 bits per heavy atom. The highest BCUT2D eigenvalue weighted by atomic mass is 16.6. The predicted octanol–water partition coefficient (Wildman–Crippen LogP) is 2.76. The van der Waals surface area contributed by atoms with Crippen molar-refractivity contribution in [2.24, 2.45) is 0 Å². The van der Waals surface area contributed by atoms with Gasteiger partial charge in [0.05, 0.1) is 37.4 Å². The molecule has 1 aliphatic carbocycles. The Morgan fingerprint density at radius 2 is 2.00 bits per heavy atom. The Kier molecular flexibility index (Phi) is 4.90. The van der Waals surface area contributed by atoms with Crippen molar-refractivity contribution >= 4 is 11.8 Å². The Hall–Kier alpha value is -2.73. The molecule has 0 spiro atoms. The van der Waals surface area contributed by atoms with Crippen LogP contribution < -0.4 is 4.74 Å². The van der Waals surface area contributed by atoms with Crippen molar-refractivity contribution in [3.05, 3.63) is 59.3 Å². The summed E-state index contributed by atoms with van der Waals surface area (Å²) in [5.74, 6) is -0.963. The molecule has 6 heteroatoms. The predicted molar refractivity (Wildman–Crippen MR) is 96.5 cm³/mol. The second-order valence-electron chi connectivity index (χ2n) is 6.89. The van der Waals surface area contributed by atoms with Crippen LogP contribution in [0.1, 0.15) is 41.5 Å². The number of pyridine rings is 1. The molecule has 0 amide bonds. The third-order valence-corrected chi connectivity index (χ3v) is 5.05. The minimum Gasteiger partial charge on any atom is -0.481 e. The number of carbonyl (C=O) groups is 2. The Balaban J connectivity index is 1.57. The molecular formula is C21H21NO5. The maximum absolute atomic E-state index is 12.8. The molecule has 27 heavy (non-hydrogen) atoms. The van der Waals surface area contributed by atoms with Gasteiger partial charge in [-0.05, 0) is 17.5 Å². The van der Waals surface area contributed by atoms with Crippen molar-refractivity contribution in [3.8, 4) is 5.88 Å². The minimum absolute atomic E-state index is 0.000383. The lowest BCUT2D eigenvalue weighted by Crippen LogP contribution is -2.31. The van der Waals surface area contributed by atoms with E-state index in [9.17, 15) is 9.59 Å². The highest BCUT2D eigenvalue weighted by Gasteiger charge is 2.42. The van der Waals surface area contributed by atoms with E-state index >= 15 is 0 Å². The van der Waals surface area contributed by atoms with E-state index in [1.165, 1.54) is 7.11 Å². The molecule has 2 aromatic rings. The summed E-state index contributed by atoms with van der Waals surface area (Å²) in [7, 11) is 1.53. The normalized spacial score (nSPS) is 23.4. The third kappa shape index (κ3) is 3.85. The van der Waals surface area contributed by atoms with Crippen LogP contribution in [0.5, 0.6) is 5.88 Å². The van der Waals surface area contributed by atoms with Crippen LogP contribution in [-0.4, -0.2) is 36.6 Å². The largest absolute Gasteiger partial charge is 0.481 e. The molecule has 0 bridgehead atoms. The van der Waals surface area contributed by atoms with Gasteiger partial charge in [-0.3, -0.25) is 9.59 Å². The van der Waals surface area contributed by atoms with E-state index < -0.39 is 11.9 Å². The Bertz CT molecular complexity index is 847. The van der Waals surface area contributed by atoms with Crippen LogP contribution >= 0.6 is 0 Å². The zero-order chi connectivity index (χ0) is 18.8. The van der Waals surface area contributed by atoms with E-state index in [1.54, 1.807) is 6.07 Å². The molecule has 3 atom stereocenters. The summed E-state index contributed by atoms with van der Waals surface area (Å²) >= 11 is 0. The smallest absolute Gasteiger partial charge is 0.314 e. The van der Waals surface area contributed by atoms with Crippen molar-refractivity contribution in [2.45, 2.75) is 37.4 Å². The lowest BCUT2D eigenvalue weighted by atomic mass is 9.77. The highest BCUT2D eigenvalue weighted by molar-refractivity contribution is 5.94. The van der Waals surface area contributed by atoms with Gasteiger partial charge in [-0.15, -0.1) is 0 Å². The van der Waals surface area contributed by atoms with Gasteiger partial charge in [0.2, 0.25) is 5.88 Å². The first-order chi connectivity index (χ1) is 13.2. The van der Waals surface area contributed by atoms with Gasteiger partial charge in [0.15, 0.2) is 0 Å². The molecule has 1 saturated heterocycles. The maximum Gasteiger partial charge on any atom is 0.314 e. The van der Waals surface area contributed by atoms with Crippen molar-refractivity contribution < 1.29 is 23.8 Å². The number of esters is 1. The van der Waals surface area contributed by atoms with Gasteiger partial charge in [0.1, 0.15) is 12.4 Å². The first-order valence-electron chi connectivity index (χ1n) is 9.05. The molecule has 1 aromatic heterocycles. The number of nitrogens with zero attached hydrogens (tertiary/aromatic N) is 1. The van der Waals surface area contributed by atoms with Crippen LogP contribution in [0.25, 0.3) is 0 Å². The molecule has 3 unspecified atom stereocenters. The van der Waals surface area contributed by atoms with Crippen LogP contribution in [0.15, 0.2) is 42.5 Å². The molecule has 6 nitrogen and oxygen atoms in total. The van der Waals surface area contributed by atoms with Gasteiger partial charge < -0.3 is 14.2 Å². The van der Waals surface area contributed by atoms with Crippen LogP contribution in [0.4, 0.5) is 0 Å². The number of benzene rings is 1. The lowest BCUT2D eigenvalue weighted by molar-refractivity contribution is -0.148. The maximum atomic E-state index is 12.8. The molecule has 140 valence electrons. The van der Waals surface area contributed by atoms with Crippen LogP contribution in [0.3, 0.4) is 0 Å². The summed E-state index contributed by atoms with van der Waals surface area (Å²) in [5.41, 5.74) is 2.27. The number of hydrogen-bond acceptors (Lipinski definition) is 6. The number of aromatic nitrogens is 1. The summed E-state index contributed by atoms with van der Waals surface area (Å²) in [4.78, 5) is 30.0. The van der Waals surface area contributed by atoms with Crippen molar-refractivity contribution in [1.29, 1.82) is 0 Å². The van der Waals surface area contributed by atoms with E-state index in [4.69, 9.17) is 14.2 Å². The summed E-state index contributed by atoms with van der Waals surface area (Å²) in [6.07, 6.45) is 0.824. The van der Waals surface area contributed by atoms with E-state index in [-0.39, 0.29) is 30.8 Å². The fourth-order valence-electron chi connectivity index (χ4n) is 3.51. The van der Waals surface area contributed by atoms with Crippen LogP contribution in [-0.2, 0) is 25.7 Å². The fourth-order valence-corrected chi connectivity index (χ4v) is 3.51. The zero-order valence-corrected chi connectivity index (χ0v) is 15.1. The van der Waals surface area contributed by atoms with E-state index in [0.29, 0.717) is 24.6 Å². The van der Waals surface area contributed by atoms with E-state index in [0.717, 1.165) is 11.1 Å². The molecule has 1 fully saturated rings. The third-order valence-electron chi connectivity index (χ3n) is 5.05. The van der Waals surface area contributed by atoms with Gasteiger partial charge in [0.25, 0.3) is 0 Å². The van der Waals surface area contributed by atoms with E-state index in [2.05, 4.69) is 4.98 Å². The molecule has 0 saturated carbocycles. The number of rotatable bonds is 6. The average Bonchev–Trinajstić information content (AvgIpc) is 3.52. The first kappa shape index (κ1) is 17.7. The Morgan fingerprint density at radius 1 is 1.22 bits per heavy atom. The number of Topliss-reactive ketones (excluding diaryl/α,β-unsaturated/α-hetero) is 1. The SMILES string of the molecule is COc1ccc2c(n1)C(CC1CO1)C(=O)CC2C(=O)OCc1ccccc1. The standard InChI is InChI=1S/C21H21NO5/c1-25-19-8-7-15-16(21(24)27-11-13-5-3-2-4-6-13)10-18(23)17(20(15)22-19)9-14-12-26-14/h2-8,14,16-17H,9-12H2,1H3. The molecule has 1 aliphatic heterocycles. The monoisotopic (exact) mass is 367 g/mol. The van der Waals surface area contributed by atoms with Crippen molar-refractivity contribution in [3.63, 3.8) is 0 Å².